The molecule has 94 valence electrons. The van der Waals surface area contributed by atoms with E-state index in [-0.39, 0.29) is 5.97 Å². The number of hydrogen-bond acceptors (Lipinski definition) is 2. The largest absolute Gasteiger partial charge is 0.461 e. The average molecular weight is 338 g/mol. The summed E-state index contributed by atoms with van der Waals surface area (Å²) in [6, 6.07) is 0. The van der Waals surface area contributed by atoms with E-state index < -0.39 is 0 Å². The van der Waals surface area contributed by atoms with Crippen LogP contribution in [0.5, 0.6) is 0 Å². The number of ether oxygens (including phenoxy) is 1. The van der Waals surface area contributed by atoms with Crippen molar-refractivity contribution in [2.24, 2.45) is 0 Å². The van der Waals surface area contributed by atoms with Crippen molar-refractivity contribution in [3.63, 3.8) is 0 Å². The molecule has 0 aromatic carbocycles. The van der Waals surface area contributed by atoms with Crippen molar-refractivity contribution >= 4 is 28.6 Å². The van der Waals surface area contributed by atoms with Crippen LogP contribution in [0.1, 0.15) is 51.9 Å². The first-order valence-electron chi connectivity index (χ1n) is 6.14. The molecule has 0 bridgehead atoms. The number of unbranched alkanes of at least 4 members (excludes halogenated alkanes) is 5. The third-order valence-electron chi connectivity index (χ3n) is 2.44. The summed E-state index contributed by atoms with van der Waals surface area (Å²) >= 11 is 2.35. The molecule has 0 saturated heterocycles. The second kappa shape index (κ2) is 11.4. The van der Waals surface area contributed by atoms with Gasteiger partial charge in [-0.3, -0.25) is 0 Å². The number of esters is 1. The Balaban J connectivity index is 3.26. The molecule has 0 aromatic rings. The van der Waals surface area contributed by atoms with Gasteiger partial charge in [-0.1, -0.05) is 74.6 Å². The number of carbonyl (C=O) groups excluding carboxylic acids is 1. The molecule has 3 heteroatoms. The zero-order valence-corrected chi connectivity index (χ0v) is 12.4. The molecule has 1 unspecified atom stereocenters. The lowest BCUT2D eigenvalue weighted by atomic mass is 10.1. The summed E-state index contributed by atoms with van der Waals surface area (Å²) in [5.74, 6) is -0.315. The Bertz CT molecular complexity index is 192. The van der Waals surface area contributed by atoms with Gasteiger partial charge in [0.05, 0.1) is 0 Å². The predicted octanol–water partition coefficient (Wildman–Crippen LogP) is 4.27. The second-order valence-corrected chi connectivity index (χ2v) is 5.75. The fourth-order valence-electron chi connectivity index (χ4n) is 1.46. The van der Waals surface area contributed by atoms with Crippen LogP contribution in [0.3, 0.4) is 0 Å². The highest BCUT2D eigenvalue weighted by molar-refractivity contribution is 14.1. The summed E-state index contributed by atoms with van der Waals surface area (Å²) in [6.45, 7) is 6.11. The Morgan fingerprint density at radius 2 is 1.94 bits per heavy atom. The molecule has 2 nitrogen and oxygen atoms in total. The van der Waals surface area contributed by atoms with Gasteiger partial charge in [-0.2, -0.15) is 0 Å². The van der Waals surface area contributed by atoms with Crippen molar-refractivity contribution < 1.29 is 9.53 Å². The summed E-state index contributed by atoms with van der Waals surface area (Å²) in [5, 5.41) is 0. The van der Waals surface area contributed by atoms with Crippen LogP contribution in [0.4, 0.5) is 0 Å². The Hall–Kier alpha value is -0.0600. The molecule has 0 N–H and O–H groups in total. The molecule has 0 radical (unpaired) electrons. The number of alkyl halides is 1. The molecule has 0 spiro atoms. The van der Waals surface area contributed by atoms with Gasteiger partial charge in [0.1, 0.15) is 6.61 Å². The Morgan fingerprint density at radius 3 is 2.56 bits per heavy atom. The maximum absolute atomic E-state index is 10.8. The minimum Gasteiger partial charge on any atom is -0.461 e. The molecular formula is C13H23IO2. The lowest BCUT2D eigenvalue weighted by Crippen LogP contribution is -2.11. The molecule has 1 atom stereocenters. The fourth-order valence-corrected chi connectivity index (χ4v) is 2.08. The van der Waals surface area contributed by atoms with Crippen molar-refractivity contribution in [2.45, 2.75) is 55.8 Å². The molecule has 0 rings (SSSR count). The molecule has 0 aliphatic heterocycles. The second-order valence-electron chi connectivity index (χ2n) is 3.99. The number of carbonyl (C=O) groups is 1. The van der Waals surface area contributed by atoms with Crippen molar-refractivity contribution in [2.75, 3.05) is 6.61 Å². The summed E-state index contributed by atoms with van der Waals surface area (Å²) in [5.41, 5.74) is 0. The number of hydrogen-bond donors (Lipinski definition) is 0. The van der Waals surface area contributed by atoms with E-state index in [0.29, 0.717) is 10.5 Å². The summed E-state index contributed by atoms with van der Waals surface area (Å²) in [6.07, 6.45) is 10.2. The Morgan fingerprint density at radius 1 is 1.31 bits per heavy atom. The number of rotatable bonds is 10. The topological polar surface area (TPSA) is 26.3 Å². The van der Waals surface area contributed by atoms with E-state index >= 15 is 0 Å². The number of halogens is 1. The first kappa shape index (κ1) is 15.9. The van der Waals surface area contributed by atoms with Crippen LogP contribution < -0.4 is 0 Å². The highest BCUT2D eigenvalue weighted by Crippen LogP contribution is 2.14. The molecule has 16 heavy (non-hydrogen) atoms. The van der Waals surface area contributed by atoms with Crippen molar-refractivity contribution in [1.82, 2.24) is 0 Å². The molecule has 0 aliphatic rings. The van der Waals surface area contributed by atoms with Gasteiger partial charge in [0.2, 0.25) is 0 Å². The summed E-state index contributed by atoms with van der Waals surface area (Å²) < 4.78 is 5.42. The SMILES string of the molecule is C=CC(=O)OCC(I)CCCCCCCC. The van der Waals surface area contributed by atoms with Crippen LogP contribution in [-0.2, 0) is 9.53 Å². The van der Waals surface area contributed by atoms with Gasteiger partial charge in [0.25, 0.3) is 0 Å². The minimum absolute atomic E-state index is 0.315. The van der Waals surface area contributed by atoms with Crippen molar-refractivity contribution in [1.29, 1.82) is 0 Å². The first-order chi connectivity index (χ1) is 7.70. The monoisotopic (exact) mass is 338 g/mol. The van der Waals surface area contributed by atoms with Gasteiger partial charge in [0.15, 0.2) is 0 Å². The van der Waals surface area contributed by atoms with Crippen LogP contribution in [0.15, 0.2) is 12.7 Å². The first-order valence-corrected chi connectivity index (χ1v) is 7.38. The van der Waals surface area contributed by atoms with Gasteiger partial charge in [0, 0.05) is 10.0 Å². The van der Waals surface area contributed by atoms with E-state index in [2.05, 4.69) is 36.1 Å². The van der Waals surface area contributed by atoms with Gasteiger partial charge in [-0.15, -0.1) is 0 Å². The van der Waals surface area contributed by atoms with E-state index in [1.54, 1.807) is 0 Å². The van der Waals surface area contributed by atoms with Crippen molar-refractivity contribution in [3.8, 4) is 0 Å². The normalized spacial score (nSPS) is 12.1. The molecule has 0 saturated carbocycles. The van der Waals surface area contributed by atoms with Gasteiger partial charge >= 0.3 is 5.97 Å². The van der Waals surface area contributed by atoms with Crippen molar-refractivity contribution in [3.05, 3.63) is 12.7 Å². The van der Waals surface area contributed by atoms with E-state index in [9.17, 15) is 4.79 Å². The minimum atomic E-state index is -0.315. The van der Waals surface area contributed by atoms with E-state index in [4.69, 9.17) is 4.74 Å². The van der Waals surface area contributed by atoms with Gasteiger partial charge < -0.3 is 4.74 Å². The predicted molar refractivity (Wildman–Crippen MR) is 77.0 cm³/mol. The average Bonchev–Trinajstić information content (AvgIpc) is 2.30. The quantitative estimate of drug-likeness (QED) is 0.195. The molecule has 0 amide bonds. The van der Waals surface area contributed by atoms with Crippen LogP contribution in [-0.4, -0.2) is 16.5 Å². The Kier molecular flexibility index (Phi) is 11.4. The van der Waals surface area contributed by atoms with E-state index in [1.807, 2.05) is 0 Å². The lowest BCUT2D eigenvalue weighted by molar-refractivity contribution is -0.137. The zero-order chi connectivity index (χ0) is 12.2. The van der Waals surface area contributed by atoms with Crippen LogP contribution in [0.25, 0.3) is 0 Å². The standard InChI is InChI=1S/C13H23IO2/c1-3-5-6-7-8-9-10-12(14)11-16-13(15)4-2/h4,12H,2-3,5-11H2,1H3. The zero-order valence-electron chi connectivity index (χ0n) is 10.2. The maximum atomic E-state index is 10.8. The third-order valence-corrected chi connectivity index (χ3v) is 3.43. The van der Waals surface area contributed by atoms with Crippen LogP contribution >= 0.6 is 22.6 Å². The van der Waals surface area contributed by atoms with Crippen LogP contribution in [0, 0.1) is 0 Å². The third kappa shape index (κ3) is 10.5. The van der Waals surface area contributed by atoms with E-state index in [0.717, 1.165) is 6.42 Å². The highest BCUT2D eigenvalue weighted by atomic mass is 127. The molecule has 0 aromatic heterocycles. The fraction of sp³-hybridized carbons (Fsp3) is 0.769. The molecule has 0 heterocycles. The molecule has 0 fully saturated rings. The lowest BCUT2D eigenvalue weighted by Gasteiger charge is -2.09. The Labute approximate surface area is 113 Å². The smallest absolute Gasteiger partial charge is 0.330 e. The van der Waals surface area contributed by atoms with Crippen LogP contribution in [0.2, 0.25) is 0 Å². The molecule has 0 aliphatic carbocycles. The molecular weight excluding hydrogens is 315 g/mol. The summed E-state index contributed by atoms with van der Waals surface area (Å²) in [7, 11) is 0. The summed E-state index contributed by atoms with van der Waals surface area (Å²) in [4.78, 5) is 10.8. The van der Waals surface area contributed by atoms with Gasteiger partial charge in [-0.25, -0.2) is 4.79 Å². The van der Waals surface area contributed by atoms with E-state index in [1.165, 1.54) is 44.6 Å². The van der Waals surface area contributed by atoms with Gasteiger partial charge in [-0.05, 0) is 6.42 Å². The maximum Gasteiger partial charge on any atom is 0.330 e. The highest BCUT2D eigenvalue weighted by Gasteiger charge is 2.06.